The first-order chi connectivity index (χ1) is 10.8. The van der Waals surface area contributed by atoms with Crippen LogP contribution >= 0.6 is 11.8 Å². The molecule has 0 bridgehead atoms. The lowest BCUT2D eigenvalue weighted by Crippen LogP contribution is -1.90. The third kappa shape index (κ3) is 6.25. The van der Waals surface area contributed by atoms with Crippen molar-refractivity contribution in [3.05, 3.63) is 54.1 Å². The summed E-state index contributed by atoms with van der Waals surface area (Å²) in [5.41, 5.74) is 3.99. The molecule has 120 valence electrons. The molecule has 2 aromatic carbocycles. The molecule has 0 aliphatic carbocycles. The molecule has 0 aromatic heterocycles. The van der Waals surface area contributed by atoms with E-state index in [4.69, 9.17) is 4.74 Å². The zero-order chi connectivity index (χ0) is 16.2. The lowest BCUT2D eigenvalue weighted by atomic mass is 10.0. The van der Waals surface area contributed by atoms with Crippen molar-refractivity contribution in [2.45, 2.75) is 38.5 Å². The van der Waals surface area contributed by atoms with Gasteiger partial charge in [-0.05, 0) is 35.2 Å². The summed E-state index contributed by atoms with van der Waals surface area (Å²) in [4.78, 5) is 1.30. The molecule has 0 spiro atoms. The molecule has 0 saturated carbocycles. The molecule has 0 atom stereocenters. The number of methoxy groups -OCH3 is 1. The standard InChI is InChI=1S/C18H22OS.C2H6/c1-3-4-15-5-7-16(8-6-15)17-9-11-18(12-10-17)20-14-13-19-2;1-2/h5-12H,3-4,13-14H2,1-2H3;1-2H3. The van der Waals surface area contributed by atoms with Crippen LogP contribution in [0.1, 0.15) is 32.8 Å². The molecular weight excluding hydrogens is 288 g/mol. The third-order valence-electron chi connectivity index (χ3n) is 3.24. The van der Waals surface area contributed by atoms with Crippen LogP contribution in [0.25, 0.3) is 11.1 Å². The van der Waals surface area contributed by atoms with Crippen molar-refractivity contribution in [2.75, 3.05) is 19.5 Å². The fourth-order valence-corrected chi connectivity index (χ4v) is 2.95. The van der Waals surface area contributed by atoms with Gasteiger partial charge in [0, 0.05) is 17.8 Å². The van der Waals surface area contributed by atoms with Crippen molar-refractivity contribution in [1.82, 2.24) is 0 Å². The van der Waals surface area contributed by atoms with Crippen LogP contribution in [0.3, 0.4) is 0 Å². The zero-order valence-electron chi connectivity index (χ0n) is 14.3. The van der Waals surface area contributed by atoms with Gasteiger partial charge in [0.1, 0.15) is 0 Å². The molecule has 0 fully saturated rings. The fourth-order valence-electron chi connectivity index (χ4n) is 2.14. The Kier molecular flexibility index (Phi) is 9.69. The largest absolute Gasteiger partial charge is 0.384 e. The van der Waals surface area contributed by atoms with Crippen LogP contribution in [0.5, 0.6) is 0 Å². The molecule has 2 rings (SSSR count). The molecule has 0 radical (unpaired) electrons. The smallest absolute Gasteiger partial charge is 0.0556 e. The highest BCUT2D eigenvalue weighted by atomic mass is 32.2. The maximum absolute atomic E-state index is 5.07. The SMILES string of the molecule is CC.CCCc1ccc(-c2ccc(SCCOC)cc2)cc1. The Morgan fingerprint density at radius 1 is 0.864 bits per heavy atom. The molecule has 0 N–H and O–H groups in total. The molecule has 0 aliphatic heterocycles. The van der Waals surface area contributed by atoms with Crippen LogP contribution in [0.15, 0.2) is 53.4 Å². The van der Waals surface area contributed by atoms with Gasteiger partial charge in [-0.1, -0.05) is 63.6 Å². The number of aryl methyl sites for hydroxylation is 1. The van der Waals surface area contributed by atoms with Gasteiger partial charge in [0.15, 0.2) is 0 Å². The van der Waals surface area contributed by atoms with Crippen molar-refractivity contribution in [1.29, 1.82) is 0 Å². The Labute approximate surface area is 140 Å². The first kappa shape index (κ1) is 18.8. The number of ether oxygens (including phenoxy) is 1. The number of hydrogen-bond donors (Lipinski definition) is 0. The van der Waals surface area contributed by atoms with Crippen LogP contribution in [0.2, 0.25) is 0 Å². The average Bonchev–Trinajstić information content (AvgIpc) is 2.59. The van der Waals surface area contributed by atoms with E-state index in [9.17, 15) is 0 Å². The van der Waals surface area contributed by atoms with Gasteiger partial charge >= 0.3 is 0 Å². The maximum Gasteiger partial charge on any atom is 0.0556 e. The topological polar surface area (TPSA) is 9.23 Å². The second-order valence-electron chi connectivity index (χ2n) is 4.81. The lowest BCUT2D eigenvalue weighted by Gasteiger charge is -2.06. The normalized spacial score (nSPS) is 10.0. The third-order valence-corrected chi connectivity index (χ3v) is 4.21. The molecule has 0 heterocycles. The summed E-state index contributed by atoms with van der Waals surface area (Å²) in [6.07, 6.45) is 2.36. The molecule has 0 saturated heterocycles. The molecular formula is C20H28OS. The highest BCUT2D eigenvalue weighted by molar-refractivity contribution is 7.99. The Morgan fingerprint density at radius 2 is 1.41 bits per heavy atom. The zero-order valence-corrected chi connectivity index (χ0v) is 15.1. The number of benzene rings is 2. The van der Waals surface area contributed by atoms with Crippen molar-refractivity contribution in [3.63, 3.8) is 0 Å². The highest BCUT2D eigenvalue weighted by Crippen LogP contribution is 2.24. The summed E-state index contributed by atoms with van der Waals surface area (Å²) >= 11 is 1.83. The first-order valence-electron chi connectivity index (χ1n) is 8.14. The van der Waals surface area contributed by atoms with E-state index in [1.165, 1.54) is 28.0 Å². The van der Waals surface area contributed by atoms with E-state index in [0.717, 1.165) is 18.8 Å². The van der Waals surface area contributed by atoms with Gasteiger partial charge in [0.25, 0.3) is 0 Å². The summed E-state index contributed by atoms with van der Waals surface area (Å²) in [6, 6.07) is 17.7. The van der Waals surface area contributed by atoms with E-state index in [-0.39, 0.29) is 0 Å². The second kappa shape index (κ2) is 11.3. The van der Waals surface area contributed by atoms with Crippen molar-refractivity contribution < 1.29 is 4.74 Å². The molecule has 1 nitrogen and oxygen atoms in total. The quantitative estimate of drug-likeness (QED) is 0.453. The van der Waals surface area contributed by atoms with Crippen LogP contribution in [0.4, 0.5) is 0 Å². The minimum atomic E-state index is 0.797. The second-order valence-corrected chi connectivity index (χ2v) is 5.98. The van der Waals surface area contributed by atoms with Gasteiger partial charge in [-0.2, -0.15) is 0 Å². The van der Waals surface area contributed by atoms with Gasteiger partial charge in [0.05, 0.1) is 6.61 Å². The van der Waals surface area contributed by atoms with Crippen LogP contribution < -0.4 is 0 Å². The van der Waals surface area contributed by atoms with Gasteiger partial charge < -0.3 is 4.74 Å². The molecule has 2 heteroatoms. The van der Waals surface area contributed by atoms with Gasteiger partial charge in [-0.25, -0.2) is 0 Å². The lowest BCUT2D eigenvalue weighted by molar-refractivity contribution is 0.218. The molecule has 0 aliphatic rings. The summed E-state index contributed by atoms with van der Waals surface area (Å²) < 4.78 is 5.07. The monoisotopic (exact) mass is 316 g/mol. The number of rotatable bonds is 7. The Bertz CT molecular complexity index is 502. The van der Waals surface area contributed by atoms with E-state index in [0.29, 0.717) is 0 Å². The van der Waals surface area contributed by atoms with Crippen molar-refractivity contribution in [2.24, 2.45) is 0 Å². The summed E-state index contributed by atoms with van der Waals surface area (Å²) in [5.74, 6) is 1.00. The Balaban J connectivity index is 0.00000116. The maximum atomic E-state index is 5.07. The van der Waals surface area contributed by atoms with Crippen molar-refractivity contribution >= 4 is 11.8 Å². The van der Waals surface area contributed by atoms with E-state index in [1.807, 2.05) is 25.6 Å². The molecule has 0 unspecified atom stereocenters. The van der Waals surface area contributed by atoms with Gasteiger partial charge in [0.2, 0.25) is 0 Å². The molecule has 22 heavy (non-hydrogen) atoms. The average molecular weight is 317 g/mol. The predicted molar refractivity (Wildman–Crippen MR) is 99.8 cm³/mol. The van der Waals surface area contributed by atoms with Crippen LogP contribution in [-0.2, 0) is 11.2 Å². The van der Waals surface area contributed by atoms with Crippen LogP contribution in [0, 0.1) is 0 Å². The van der Waals surface area contributed by atoms with Gasteiger partial charge in [-0.15, -0.1) is 11.8 Å². The van der Waals surface area contributed by atoms with Gasteiger partial charge in [-0.3, -0.25) is 0 Å². The predicted octanol–water partition coefficient (Wildman–Crippen LogP) is 6.07. The minimum absolute atomic E-state index is 0.797. The Hall–Kier alpha value is -1.25. The van der Waals surface area contributed by atoms with Crippen LogP contribution in [-0.4, -0.2) is 19.5 Å². The highest BCUT2D eigenvalue weighted by Gasteiger charge is 1.99. The first-order valence-corrected chi connectivity index (χ1v) is 9.13. The summed E-state index contributed by atoms with van der Waals surface area (Å²) in [7, 11) is 1.74. The Morgan fingerprint density at radius 3 is 1.91 bits per heavy atom. The molecule has 2 aromatic rings. The fraction of sp³-hybridized carbons (Fsp3) is 0.400. The van der Waals surface area contributed by atoms with E-state index < -0.39 is 0 Å². The minimum Gasteiger partial charge on any atom is -0.384 e. The van der Waals surface area contributed by atoms with Crippen molar-refractivity contribution in [3.8, 4) is 11.1 Å². The number of thioether (sulfide) groups is 1. The summed E-state index contributed by atoms with van der Waals surface area (Å²) in [6.45, 7) is 7.01. The van der Waals surface area contributed by atoms with E-state index >= 15 is 0 Å². The van der Waals surface area contributed by atoms with E-state index in [1.54, 1.807) is 7.11 Å². The number of hydrogen-bond acceptors (Lipinski definition) is 2. The molecule has 0 amide bonds. The van der Waals surface area contributed by atoms with E-state index in [2.05, 4.69) is 55.5 Å². The summed E-state index contributed by atoms with van der Waals surface area (Å²) in [5, 5.41) is 0.